The summed E-state index contributed by atoms with van der Waals surface area (Å²) in [6, 6.07) is 19.2. The third-order valence-corrected chi connectivity index (χ3v) is 6.67. The first-order valence-corrected chi connectivity index (χ1v) is 10.7. The van der Waals surface area contributed by atoms with Crippen molar-refractivity contribution in [1.82, 2.24) is 14.7 Å². The number of amides is 2. The summed E-state index contributed by atoms with van der Waals surface area (Å²) in [5.74, 6) is 0.102. The molecule has 2 aliphatic heterocycles. The number of carbonyl (C=O) groups is 2. The Morgan fingerprint density at radius 2 is 1.84 bits per heavy atom. The Bertz CT molecular complexity index is 1170. The topological polar surface area (TPSA) is 67.2 Å². The van der Waals surface area contributed by atoms with E-state index in [1.54, 1.807) is 11.7 Å². The van der Waals surface area contributed by atoms with E-state index >= 15 is 0 Å². The lowest BCUT2D eigenvalue weighted by atomic mass is 9.72. The minimum atomic E-state index is -0.799. The first-order valence-electron chi connectivity index (χ1n) is 10.7. The van der Waals surface area contributed by atoms with Crippen molar-refractivity contribution in [1.29, 1.82) is 0 Å². The minimum Gasteiger partial charge on any atom is -0.329 e. The molecule has 2 amide bonds. The monoisotopic (exact) mass is 414 g/mol. The summed E-state index contributed by atoms with van der Waals surface area (Å²) in [6.07, 6.45) is 0.579. The molecule has 2 aliphatic rings. The summed E-state index contributed by atoms with van der Waals surface area (Å²) >= 11 is 0. The van der Waals surface area contributed by atoms with Crippen LogP contribution in [0.2, 0.25) is 0 Å². The van der Waals surface area contributed by atoms with Gasteiger partial charge in [0.1, 0.15) is 11.1 Å². The van der Waals surface area contributed by atoms with Gasteiger partial charge >= 0.3 is 0 Å². The van der Waals surface area contributed by atoms with Crippen LogP contribution in [0.4, 0.5) is 5.69 Å². The Morgan fingerprint density at radius 3 is 2.55 bits per heavy atom. The number of benzene rings is 2. The van der Waals surface area contributed by atoms with Gasteiger partial charge in [-0.15, -0.1) is 0 Å². The van der Waals surface area contributed by atoms with Gasteiger partial charge in [-0.1, -0.05) is 62.4 Å². The Labute approximate surface area is 181 Å². The highest BCUT2D eigenvalue weighted by Gasteiger charge is 2.59. The molecule has 0 bridgehead atoms. The number of anilines is 1. The fraction of sp³-hybridized carbons (Fsp3) is 0.320. The molecule has 1 aromatic heterocycles. The number of rotatable bonds is 3. The van der Waals surface area contributed by atoms with Crippen molar-refractivity contribution in [3.05, 3.63) is 83.2 Å². The Hall–Kier alpha value is -3.41. The number of nitrogens with zero attached hydrogens (tertiary/aromatic N) is 3. The number of carbonyl (C=O) groups excluding carboxylic acids is 2. The van der Waals surface area contributed by atoms with Gasteiger partial charge in [-0.2, -0.15) is 5.10 Å². The van der Waals surface area contributed by atoms with Gasteiger partial charge in [0.25, 0.3) is 5.91 Å². The number of aromatic nitrogens is 2. The van der Waals surface area contributed by atoms with Crippen LogP contribution in [0, 0.1) is 0 Å². The molecule has 0 saturated carbocycles. The van der Waals surface area contributed by atoms with Gasteiger partial charge in [0.2, 0.25) is 5.91 Å². The predicted molar refractivity (Wildman–Crippen MR) is 119 cm³/mol. The lowest BCUT2D eigenvalue weighted by Gasteiger charge is -2.34. The van der Waals surface area contributed by atoms with Crippen molar-refractivity contribution in [2.24, 2.45) is 7.05 Å². The molecule has 0 unspecified atom stereocenters. The second kappa shape index (κ2) is 7.08. The highest BCUT2D eigenvalue weighted by Crippen LogP contribution is 2.54. The van der Waals surface area contributed by atoms with Crippen molar-refractivity contribution in [2.45, 2.75) is 37.6 Å². The summed E-state index contributed by atoms with van der Waals surface area (Å²) in [6.45, 7) is 4.63. The Kier molecular flexibility index (Phi) is 4.46. The molecule has 5 rings (SSSR count). The zero-order chi connectivity index (χ0) is 21.8. The van der Waals surface area contributed by atoms with Crippen molar-refractivity contribution in [3.63, 3.8) is 0 Å². The van der Waals surface area contributed by atoms with Gasteiger partial charge < -0.3 is 10.2 Å². The molecule has 3 heterocycles. The molecule has 1 saturated heterocycles. The molecule has 158 valence electrons. The lowest BCUT2D eigenvalue weighted by Crippen LogP contribution is -2.43. The molecular formula is C25H26N4O2. The standard InChI is InChI=1S/C25H26N4O2/c1-16(2)20-15-21(28(3)27-20)23(30)29-14-13-25(22(29)17-9-5-4-6-10-17)18-11-7-8-12-19(18)26-24(25)31/h4-12,15-16,22H,13-14H2,1-3H3,(H,26,31)/t22-,25+/m0/s1. The maximum Gasteiger partial charge on any atom is 0.272 e. The molecule has 1 fully saturated rings. The zero-order valence-electron chi connectivity index (χ0n) is 18.0. The summed E-state index contributed by atoms with van der Waals surface area (Å²) < 4.78 is 1.66. The molecule has 6 nitrogen and oxygen atoms in total. The van der Waals surface area contributed by atoms with Crippen LogP contribution in [0.25, 0.3) is 0 Å². The van der Waals surface area contributed by atoms with Crippen molar-refractivity contribution >= 4 is 17.5 Å². The Balaban J connectivity index is 1.64. The third-order valence-electron chi connectivity index (χ3n) is 6.67. The highest BCUT2D eigenvalue weighted by molar-refractivity contribution is 6.08. The van der Waals surface area contributed by atoms with Gasteiger partial charge in [0.05, 0.1) is 11.7 Å². The van der Waals surface area contributed by atoms with Crippen molar-refractivity contribution < 1.29 is 9.59 Å². The molecule has 1 spiro atoms. The van der Waals surface area contributed by atoms with Gasteiger partial charge in [-0.25, -0.2) is 0 Å². The van der Waals surface area contributed by atoms with E-state index in [9.17, 15) is 9.59 Å². The van der Waals surface area contributed by atoms with Crippen LogP contribution < -0.4 is 5.32 Å². The first-order chi connectivity index (χ1) is 14.9. The van der Waals surface area contributed by atoms with E-state index < -0.39 is 5.41 Å². The van der Waals surface area contributed by atoms with Crippen molar-refractivity contribution in [3.8, 4) is 0 Å². The molecule has 3 aromatic rings. The van der Waals surface area contributed by atoms with E-state index in [1.807, 2.05) is 65.6 Å². The quantitative estimate of drug-likeness (QED) is 0.704. The Morgan fingerprint density at radius 1 is 1.13 bits per heavy atom. The number of aryl methyl sites for hydroxylation is 1. The van der Waals surface area contributed by atoms with Crippen LogP contribution in [0.15, 0.2) is 60.7 Å². The normalized spacial score (nSPS) is 22.3. The molecule has 1 N–H and O–H groups in total. The van der Waals surface area contributed by atoms with Gasteiger partial charge in [0, 0.05) is 19.3 Å². The van der Waals surface area contributed by atoms with E-state index in [0.29, 0.717) is 18.7 Å². The summed E-state index contributed by atoms with van der Waals surface area (Å²) in [5.41, 5.74) is 3.41. The molecule has 2 atom stereocenters. The van der Waals surface area contributed by atoms with E-state index in [4.69, 9.17) is 0 Å². The number of para-hydroxylation sites is 1. The molecular weight excluding hydrogens is 388 g/mol. The predicted octanol–water partition coefficient (Wildman–Crippen LogP) is 4.02. The van der Waals surface area contributed by atoms with Gasteiger partial charge in [0.15, 0.2) is 0 Å². The van der Waals surface area contributed by atoms with Crippen LogP contribution in [0.5, 0.6) is 0 Å². The molecule has 6 heteroatoms. The van der Waals surface area contributed by atoms with E-state index in [-0.39, 0.29) is 23.8 Å². The van der Waals surface area contributed by atoms with Crippen LogP contribution >= 0.6 is 0 Å². The molecule has 31 heavy (non-hydrogen) atoms. The van der Waals surface area contributed by atoms with E-state index in [0.717, 1.165) is 22.5 Å². The summed E-state index contributed by atoms with van der Waals surface area (Å²) in [4.78, 5) is 29.1. The maximum absolute atomic E-state index is 13.8. The van der Waals surface area contributed by atoms with Crippen LogP contribution in [0.1, 0.15) is 59.5 Å². The smallest absolute Gasteiger partial charge is 0.272 e. The van der Waals surface area contributed by atoms with Crippen LogP contribution in [-0.2, 0) is 17.3 Å². The largest absolute Gasteiger partial charge is 0.329 e. The molecule has 0 aliphatic carbocycles. The second-order valence-electron chi connectivity index (χ2n) is 8.77. The average molecular weight is 415 g/mol. The number of fused-ring (bicyclic) bond motifs is 2. The van der Waals surface area contributed by atoms with Gasteiger partial charge in [-0.3, -0.25) is 14.3 Å². The molecule has 0 radical (unpaired) electrons. The number of likely N-dealkylation sites (tertiary alicyclic amines) is 1. The first kappa shape index (κ1) is 19.5. The van der Waals surface area contributed by atoms with Crippen LogP contribution in [0.3, 0.4) is 0 Å². The molecule has 2 aromatic carbocycles. The number of hydrogen-bond donors (Lipinski definition) is 1. The second-order valence-corrected chi connectivity index (χ2v) is 8.77. The van der Waals surface area contributed by atoms with Gasteiger partial charge in [-0.05, 0) is 35.6 Å². The summed E-state index contributed by atoms with van der Waals surface area (Å²) in [7, 11) is 1.81. The van der Waals surface area contributed by atoms with Crippen molar-refractivity contribution in [2.75, 3.05) is 11.9 Å². The number of nitrogens with one attached hydrogen (secondary N) is 1. The van der Waals surface area contributed by atoms with E-state index in [1.165, 1.54) is 0 Å². The third kappa shape index (κ3) is 2.81. The zero-order valence-corrected chi connectivity index (χ0v) is 18.0. The minimum absolute atomic E-state index is 0.0364. The highest BCUT2D eigenvalue weighted by atomic mass is 16.2. The lowest BCUT2D eigenvalue weighted by molar-refractivity contribution is -0.121. The fourth-order valence-corrected chi connectivity index (χ4v) is 5.12. The summed E-state index contributed by atoms with van der Waals surface area (Å²) in [5, 5.41) is 7.60. The SMILES string of the molecule is CC(C)c1cc(C(=O)N2CC[C@]3(C(=O)Nc4ccccc43)[C@@H]2c2ccccc2)n(C)n1. The number of hydrogen-bond acceptors (Lipinski definition) is 3. The average Bonchev–Trinajstić information content (AvgIpc) is 3.44. The fourth-order valence-electron chi connectivity index (χ4n) is 5.12. The van der Waals surface area contributed by atoms with E-state index in [2.05, 4.69) is 24.3 Å². The van der Waals surface area contributed by atoms with Crippen LogP contribution in [-0.4, -0.2) is 33.0 Å². The maximum atomic E-state index is 13.8.